The molecule has 1 saturated heterocycles. The first-order valence-corrected chi connectivity index (χ1v) is 10.0. The zero-order valence-corrected chi connectivity index (χ0v) is 17.2. The predicted octanol–water partition coefficient (Wildman–Crippen LogP) is 3.08. The first-order valence-electron chi connectivity index (χ1n) is 10.0. The van der Waals surface area contributed by atoms with Crippen LogP contribution in [0.15, 0.2) is 45.9 Å². The Hall–Kier alpha value is -3.99. The molecule has 0 amide bonds. The molecule has 0 bridgehead atoms. The van der Waals surface area contributed by atoms with Crippen molar-refractivity contribution in [3.63, 3.8) is 0 Å². The number of benzene rings is 1. The number of halogens is 1. The average molecular weight is 437 g/mol. The van der Waals surface area contributed by atoms with Crippen LogP contribution in [0.4, 0.5) is 33.3 Å². The Morgan fingerprint density at radius 3 is 2.72 bits per heavy atom. The van der Waals surface area contributed by atoms with Crippen molar-refractivity contribution < 1.29 is 13.5 Å². The predicted molar refractivity (Wildman–Crippen MR) is 117 cm³/mol. The minimum absolute atomic E-state index is 0.115. The molecule has 1 aliphatic rings. The summed E-state index contributed by atoms with van der Waals surface area (Å²) in [5, 5.41) is 6.19. The smallest absolute Gasteiger partial charge is 0.405 e. The van der Waals surface area contributed by atoms with Crippen molar-refractivity contribution in [2.75, 3.05) is 41.8 Å². The minimum Gasteiger partial charge on any atom is -0.405 e. The highest BCUT2D eigenvalue weighted by atomic mass is 19.1. The van der Waals surface area contributed by atoms with Gasteiger partial charge in [0, 0.05) is 36.6 Å². The molecule has 164 valence electrons. The van der Waals surface area contributed by atoms with Crippen molar-refractivity contribution in [3.8, 4) is 0 Å². The van der Waals surface area contributed by atoms with Crippen LogP contribution in [0.5, 0.6) is 0 Å². The van der Waals surface area contributed by atoms with E-state index in [0.29, 0.717) is 30.7 Å². The van der Waals surface area contributed by atoms with E-state index in [1.54, 1.807) is 18.5 Å². The fourth-order valence-electron chi connectivity index (χ4n) is 3.42. The molecule has 4 aromatic rings. The van der Waals surface area contributed by atoms with E-state index in [2.05, 4.69) is 35.5 Å². The van der Waals surface area contributed by atoms with Gasteiger partial charge in [-0.25, -0.2) is 19.2 Å². The maximum atomic E-state index is 14.2. The van der Waals surface area contributed by atoms with E-state index < -0.39 is 11.6 Å². The quantitative estimate of drug-likeness (QED) is 0.432. The van der Waals surface area contributed by atoms with Gasteiger partial charge in [0.15, 0.2) is 11.4 Å². The highest BCUT2D eigenvalue weighted by molar-refractivity contribution is 5.79. The minimum atomic E-state index is -0.714. The van der Waals surface area contributed by atoms with E-state index in [1.165, 1.54) is 6.07 Å². The molecule has 5 rings (SSSR count). The number of ether oxygens (including phenoxy) is 1. The van der Waals surface area contributed by atoms with Crippen LogP contribution in [0.2, 0.25) is 0 Å². The normalized spacial score (nSPS) is 14.0. The molecule has 0 saturated carbocycles. The Kier molecular flexibility index (Phi) is 5.15. The zero-order chi connectivity index (χ0) is 22.1. The lowest BCUT2D eigenvalue weighted by atomic mass is 10.2. The summed E-state index contributed by atoms with van der Waals surface area (Å²) in [6, 6.07) is 6.66. The third kappa shape index (κ3) is 4.10. The number of nitrogens with one attached hydrogen (secondary N) is 3. The molecular formula is C21H20FN7O3. The van der Waals surface area contributed by atoms with Crippen LogP contribution in [0.25, 0.3) is 11.1 Å². The van der Waals surface area contributed by atoms with Gasteiger partial charge in [0.05, 0.1) is 30.6 Å². The summed E-state index contributed by atoms with van der Waals surface area (Å²) >= 11 is 0. The Bertz CT molecular complexity index is 1310. The summed E-state index contributed by atoms with van der Waals surface area (Å²) in [7, 11) is 0. The lowest BCUT2D eigenvalue weighted by molar-refractivity contribution is 0.122. The Morgan fingerprint density at radius 1 is 1.09 bits per heavy atom. The third-order valence-electron chi connectivity index (χ3n) is 5.05. The number of H-pyrrole nitrogens is 1. The largest absolute Gasteiger partial charge is 0.417 e. The zero-order valence-electron chi connectivity index (χ0n) is 17.2. The summed E-state index contributed by atoms with van der Waals surface area (Å²) in [6.45, 7) is 4.85. The topological polar surface area (TPSA) is 121 Å². The summed E-state index contributed by atoms with van der Waals surface area (Å²) in [6.07, 6.45) is 3.38. The van der Waals surface area contributed by atoms with Gasteiger partial charge in [0.2, 0.25) is 5.95 Å². The maximum Gasteiger partial charge on any atom is 0.417 e. The monoisotopic (exact) mass is 437 g/mol. The lowest BCUT2D eigenvalue weighted by Crippen LogP contribution is -2.36. The molecule has 1 fully saturated rings. The number of hydrogen-bond donors (Lipinski definition) is 3. The van der Waals surface area contributed by atoms with Gasteiger partial charge in [-0.05, 0) is 25.1 Å². The van der Waals surface area contributed by atoms with Gasteiger partial charge in [-0.3, -0.25) is 4.98 Å². The van der Waals surface area contributed by atoms with Crippen molar-refractivity contribution in [1.82, 2.24) is 19.9 Å². The average Bonchev–Trinajstić information content (AvgIpc) is 3.18. The third-order valence-corrected chi connectivity index (χ3v) is 5.05. The van der Waals surface area contributed by atoms with Crippen molar-refractivity contribution >= 4 is 40.1 Å². The van der Waals surface area contributed by atoms with Crippen molar-refractivity contribution in [3.05, 3.63) is 58.6 Å². The number of hydrogen-bond acceptors (Lipinski definition) is 9. The van der Waals surface area contributed by atoms with E-state index in [0.717, 1.165) is 30.2 Å². The number of aryl methyl sites for hydroxylation is 1. The number of aromatic nitrogens is 4. The fraction of sp³-hybridized carbons (Fsp3) is 0.238. The van der Waals surface area contributed by atoms with Crippen LogP contribution in [-0.2, 0) is 4.74 Å². The van der Waals surface area contributed by atoms with E-state index in [-0.39, 0.29) is 11.1 Å². The molecular weight excluding hydrogens is 417 g/mol. The summed E-state index contributed by atoms with van der Waals surface area (Å²) in [5.74, 6) is 0.372. The van der Waals surface area contributed by atoms with Crippen LogP contribution in [0.1, 0.15) is 5.56 Å². The number of fused-ring (bicyclic) bond motifs is 1. The molecule has 0 radical (unpaired) electrons. The summed E-state index contributed by atoms with van der Waals surface area (Å²) in [5.41, 5.74) is 2.05. The molecule has 10 nitrogen and oxygen atoms in total. The first-order chi connectivity index (χ1) is 15.5. The highest BCUT2D eigenvalue weighted by Crippen LogP contribution is 2.25. The second-order valence-electron chi connectivity index (χ2n) is 7.33. The van der Waals surface area contributed by atoms with Crippen LogP contribution in [-0.4, -0.2) is 46.2 Å². The maximum absolute atomic E-state index is 14.2. The van der Waals surface area contributed by atoms with Gasteiger partial charge in [0.1, 0.15) is 11.6 Å². The van der Waals surface area contributed by atoms with Crippen LogP contribution in [0.3, 0.4) is 0 Å². The molecule has 4 heterocycles. The van der Waals surface area contributed by atoms with Gasteiger partial charge < -0.3 is 24.7 Å². The Balaban J connectivity index is 1.34. The van der Waals surface area contributed by atoms with Gasteiger partial charge in [0.25, 0.3) is 0 Å². The van der Waals surface area contributed by atoms with Gasteiger partial charge in [-0.2, -0.15) is 4.98 Å². The molecule has 3 N–H and O–H groups in total. The molecule has 0 unspecified atom stereocenters. The van der Waals surface area contributed by atoms with E-state index in [9.17, 15) is 9.18 Å². The molecule has 11 heteroatoms. The van der Waals surface area contributed by atoms with Crippen molar-refractivity contribution in [2.45, 2.75) is 6.92 Å². The molecule has 1 aliphatic heterocycles. The lowest BCUT2D eigenvalue weighted by Gasteiger charge is -2.27. The molecule has 3 aromatic heterocycles. The van der Waals surface area contributed by atoms with Gasteiger partial charge >= 0.3 is 5.76 Å². The van der Waals surface area contributed by atoms with Gasteiger partial charge in [-0.1, -0.05) is 0 Å². The number of oxazole rings is 1. The highest BCUT2D eigenvalue weighted by Gasteiger charge is 2.13. The molecule has 0 atom stereocenters. The molecule has 0 spiro atoms. The van der Waals surface area contributed by atoms with Crippen LogP contribution < -0.4 is 21.3 Å². The van der Waals surface area contributed by atoms with E-state index >= 15 is 0 Å². The molecule has 32 heavy (non-hydrogen) atoms. The second kappa shape index (κ2) is 8.27. The summed E-state index contributed by atoms with van der Waals surface area (Å²) < 4.78 is 24.4. The number of morpholine rings is 1. The van der Waals surface area contributed by atoms with E-state index in [4.69, 9.17) is 9.15 Å². The Labute approximate surface area is 181 Å². The Morgan fingerprint density at radius 2 is 1.94 bits per heavy atom. The summed E-state index contributed by atoms with van der Waals surface area (Å²) in [4.78, 5) is 29.3. The second-order valence-corrected chi connectivity index (χ2v) is 7.33. The first kappa shape index (κ1) is 19.9. The molecule has 1 aromatic carbocycles. The number of pyridine rings is 1. The van der Waals surface area contributed by atoms with E-state index in [1.807, 2.05) is 19.1 Å². The molecule has 0 aliphatic carbocycles. The fourth-order valence-corrected chi connectivity index (χ4v) is 3.42. The van der Waals surface area contributed by atoms with Crippen molar-refractivity contribution in [1.29, 1.82) is 0 Å². The van der Waals surface area contributed by atoms with Crippen LogP contribution >= 0.6 is 0 Å². The number of anilines is 5. The number of nitrogens with zero attached hydrogens (tertiary/aromatic N) is 4. The SMILES string of the molecule is Cc1cnc(Nc2ccc(N3CCOCC3)nc2)nc1Nc1cc(F)c2oc(=O)[nH]c2c1. The van der Waals surface area contributed by atoms with Gasteiger partial charge in [-0.15, -0.1) is 0 Å². The van der Waals surface area contributed by atoms with Crippen LogP contribution in [0, 0.1) is 12.7 Å². The number of aromatic amines is 1. The van der Waals surface area contributed by atoms with Crippen molar-refractivity contribution in [2.24, 2.45) is 0 Å². The number of rotatable bonds is 5. The standard InChI is InChI=1S/C21H20FN7O3/c1-12-10-24-20(26-13-2-3-17(23-11-13)29-4-6-31-7-5-29)28-19(12)25-14-8-15(22)18-16(9-14)27-21(30)32-18/h2-3,8-11H,4-7H2,1H3,(H,27,30)(H2,24,25,26,28).